The van der Waals surface area contributed by atoms with Crippen molar-refractivity contribution >= 4 is 6.03 Å². The Kier molecular flexibility index (Phi) is 6.80. The van der Waals surface area contributed by atoms with Crippen molar-refractivity contribution < 1.29 is 19.0 Å². The van der Waals surface area contributed by atoms with Gasteiger partial charge in [-0.1, -0.05) is 18.2 Å². The van der Waals surface area contributed by atoms with E-state index in [-0.39, 0.29) is 30.6 Å². The van der Waals surface area contributed by atoms with Crippen molar-refractivity contribution in [2.24, 2.45) is 0 Å². The lowest BCUT2D eigenvalue weighted by molar-refractivity contribution is -0.00595. The molecule has 2 amide bonds. The van der Waals surface area contributed by atoms with Crippen molar-refractivity contribution in [3.63, 3.8) is 0 Å². The highest BCUT2D eigenvalue weighted by atomic mass is 19.1. The summed E-state index contributed by atoms with van der Waals surface area (Å²) < 4.78 is 19.2. The Morgan fingerprint density at radius 3 is 3.04 bits per heavy atom. The molecule has 1 aliphatic heterocycles. The van der Waals surface area contributed by atoms with Crippen molar-refractivity contribution in [2.75, 3.05) is 26.3 Å². The van der Waals surface area contributed by atoms with Crippen LogP contribution in [0.4, 0.5) is 9.18 Å². The smallest absolute Gasteiger partial charge is 0.317 e. The number of carbonyl (C=O) groups excluding carboxylic acids is 1. The number of benzene rings is 1. The number of urea groups is 1. The van der Waals surface area contributed by atoms with Crippen molar-refractivity contribution in [1.29, 1.82) is 0 Å². The highest BCUT2D eigenvalue weighted by molar-refractivity contribution is 5.74. The van der Waals surface area contributed by atoms with Gasteiger partial charge in [0.1, 0.15) is 5.82 Å². The average Bonchev–Trinajstić information content (AvgIpc) is 2.55. The Morgan fingerprint density at radius 2 is 2.30 bits per heavy atom. The van der Waals surface area contributed by atoms with Gasteiger partial charge in [0.2, 0.25) is 0 Å². The summed E-state index contributed by atoms with van der Waals surface area (Å²) in [4.78, 5) is 14.0. The monoisotopic (exact) mass is 324 g/mol. The van der Waals surface area contributed by atoms with Gasteiger partial charge in [0, 0.05) is 19.1 Å². The van der Waals surface area contributed by atoms with Crippen molar-refractivity contribution in [3.8, 4) is 0 Å². The quantitative estimate of drug-likeness (QED) is 0.841. The molecule has 2 unspecified atom stereocenters. The summed E-state index contributed by atoms with van der Waals surface area (Å²) in [5.41, 5.74) is 0.600. The third kappa shape index (κ3) is 5.48. The highest BCUT2D eigenvalue weighted by Crippen LogP contribution is 2.14. The lowest BCUT2D eigenvalue weighted by Crippen LogP contribution is -2.50. The fourth-order valence-electron chi connectivity index (χ4n) is 2.82. The number of halogens is 1. The molecule has 128 valence electrons. The first kappa shape index (κ1) is 17.7. The first-order valence-electron chi connectivity index (χ1n) is 8.11. The van der Waals surface area contributed by atoms with Crippen LogP contribution >= 0.6 is 0 Å². The Bertz CT molecular complexity index is 512. The van der Waals surface area contributed by atoms with E-state index in [0.717, 1.165) is 12.8 Å². The van der Waals surface area contributed by atoms with E-state index in [2.05, 4.69) is 5.32 Å². The number of likely N-dealkylation sites (tertiary alicyclic amines) is 1. The number of piperidine rings is 1. The lowest BCUT2D eigenvalue weighted by atomic mass is 10.1. The molecule has 1 aromatic carbocycles. The molecular weight excluding hydrogens is 299 g/mol. The number of amides is 2. The van der Waals surface area contributed by atoms with E-state index in [1.807, 2.05) is 6.92 Å². The van der Waals surface area contributed by atoms with Gasteiger partial charge in [-0.05, 0) is 37.8 Å². The second kappa shape index (κ2) is 8.84. The lowest BCUT2D eigenvalue weighted by Gasteiger charge is -2.33. The molecular formula is C17H25FN2O3. The molecule has 1 aliphatic rings. The molecule has 0 spiro atoms. The van der Waals surface area contributed by atoms with Crippen LogP contribution in [0, 0.1) is 5.82 Å². The minimum absolute atomic E-state index is 0.0115. The van der Waals surface area contributed by atoms with Crippen LogP contribution in [-0.2, 0) is 11.2 Å². The van der Waals surface area contributed by atoms with Crippen LogP contribution < -0.4 is 5.32 Å². The van der Waals surface area contributed by atoms with Gasteiger partial charge in [0.25, 0.3) is 0 Å². The molecule has 0 aromatic heterocycles. The molecule has 1 aromatic rings. The van der Waals surface area contributed by atoms with E-state index < -0.39 is 0 Å². The van der Waals surface area contributed by atoms with Gasteiger partial charge in [-0.2, -0.15) is 0 Å². The molecule has 0 bridgehead atoms. The molecule has 0 aliphatic carbocycles. The van der Waals surface area contributed by atoms with Crippen LogP contribution in [0.3, 0.4) is 0 Å². The topological polar surface area (TPSA) is 61.8 Å². The zero-order valence-electron chi connectivity index (χ0n) is 13.5. The van der Waals surface area contributed by atoms with E-state index in [1.54, 1.807) is 23.1 Å². The third-order valence-electron chi connectivity index (χ3n) is 3.96. The van der Waals surface area contributed by atoms with Crippen LogP contribution in [0.25, 0.3) is 0 Å². The standard InChI is InChI=1S/C17H25FN2O3/c1-13(11-14-5-2-3-7-16(14)18)19-17(22)20-8-4-6-15(12-20)23-10-9-21/h2-3,5,7,13,15,21H,4,6,8-12H2,1H3,(H,19,22). The minimum atomic E-state index is -0.246. The number of nitrogens with zero attached hydrogens (tertiary/aromatic N) is 1. The Balaban J connectivity index is 1.82. The van der Waals surface area contributed by atoms with E-state index in [9.17, 15) is 9.18 Å². The summed E-state index contributed by atoms with van der Waals surface area (Å²) in [6.45, 7) is 3.37. The SMILES string of the molecule is CC(Cc1ccccc1F)NC(=O)N1CCCC(OCCO)C1. The molecule has 5 nitrogen and oxygen atoms in total. The predicted octanol–water partition coefficient (Wildman–Crippen LogP) is 1.94. The van der Waals surface area contributed by atoms with Crippen molar-refractivity contribution in [1.82, 2.24) is 10.2 Å². The molecule has 2 rings (SSSR count). The van der Waals surface area contributed by atoms with Gasteiger partial charge in [-0.3, -0.25) is 0 Å². The Labute approximate surface area is 136 Å². The summed E-state index contributed by atoms with van der Waals surface area (Å²) in [5, 5.41) is 11.7. The predicted molar refractivity (Wildman–Crippen MR) is 85.7 cm³/mol. The largest absolute Gasteiger partial charge is 0.394 e. The zero-order valence-corrected chi connectivity index (χ0v) is 13.5. The zero-order chi connectivity index (χ0) is 16.7. The van der Waals surface area contributed by atoms with Gasteiger partial charge >= 0.3 is 6.03 Å². The summed E-state index contributed by atoms with van der Waals surface area (Å²) in [6.07, 6.45) is 2.21. The number of carbonyl (C=O) groups is 1. The van der Waals surface area contributed by atoms with E-state index in [1.165, 1.54) is 6.07 Å². The van der Waals surface area contributed by atoms with Gasteiger partial charge in [-0.15, -0.1) is 0 Å². The molecule has 2 atom stereocenters. The summed E-state index contributed by atoms with van der Waals surface area (Å²) in [6, 6.07) is 6.31. The van der Waals surface area contributed by atoms with Gasteiger partial charge < -0.3 is 20.1 Å². The van der Waals surface area contributed by atoms with E-state index in [0.29, 0.717) is 31.7 Å². The maximum Gasteiger partial charge on any atom is 0.317 e. The van der Waals surface area contributed by atoms with Crippen LogP contribution in [0.5, 0.6) is 0 Å². The molecule has 2 N–H and O–H groups in total. The number of aliphatic hydroxyl groups is 1. The van der Waals surface area contributed by atoms with Crippen molar-refractivity contribution in [2.45, 2.75) is 38.3 Å². The Hall–Kier alpha value is -1.66. The summed E-state index contributed by atoms with van der Waals surface area (Å²) in [7, 11) is 0. The van der Waals surface area contributed by atoms with Crippen LogP contribution in [0.15, 0.2) is 24.3 Å². The number of hydrogen-bond donors (Lipinski definition) is 2. The number of hydrogen-bond acceptors (Lipinski definition) is 3. The molecule has 6 heteroatoms. The molecule has 1 fully saturated rings. The molecule has 23 heavy (non-hydrogen) atoms. The number of rotatable bonds is 6. The first-order chi connectivity index (χ1) is 11.1. The molecule has 1 heterocycles. The maximum absolute atomic E-state index is 13.7. The number of ether oxygens (including phenoxy) is 1. The van der Waals surface area contributed by atoms with Crippen LogP contribution in [0.1, 0.15) is 25.3 Å². The summed E-state index contributed by atoms with van der Waals surface area (Å²) in [5.74, 6) is -0.246. The molecule has 0 saturated carbocycles. The average molecular weight is 324 g/mol. The van der Waals surface area contributed by atoms with Crippen molar-refractivity contribution in [3.05, 3.63) is 35.6 Å². The second-order valence-electron chi connectivity index (χ2n) is 5.95. The minimum Gasteiger partial charge on any atom is -0.394 e. The molecule has 0 radical (unpaired) electrons. The normalized spacial score (nSPS) is 19.4. The first-order valence-corrected chi connectivity index (χ1v) is 8.11. The van der Waals surface area contributed by atoms with Crippen LogP contribution in [0.2, 0.25) is 0 Å². The van der Waals surface area contributed by atoms with Crippen LogP contribution in [-0.4, -0.2) is 54.5 Å². The number of aliphatic hydroxyl groups excluding tert-OH is 1. The fourth-order valence-corrected chi connectivity index (χ4v) is 2.82. The second-order valence-corrected chi connectivity index (χ2v) is 5.95. The van der Waals surface area contributed by atoms with Gasteiger partial charge in [0.15, 0.2) is 0 Å². The molecule has 1 saturated heterocycles. The van der Waals surface area contributed by atoms with Gasteiger partial charge in [0.05, 0.1) is 19.3 Å². The Morgan fingerprint density at radius 1 is 1.52 bits per heavy atom. The highest BCUT2D eigenvalue weighted by Gasteiger charge is 2.24. The van der Waals surface area contributed by atoms with Gasteiger partial charge in [-0.25, -0.2) is 9.18 Å². The fraction of sp³-hybridized carbons (Fsp3) is 0.588. The maximum atomic E-state index is 13.7. The van der Waals surface area contributed by atoms with E-state index >= 15 is 0 Å². The third-order valence-corrected chi connectivity index (χ3v) is 3.96. The number of nitrogens with one attached hydrogen (secondary N) is 1. The summed E-state index contributed by atoms with van der Waals surface area (Å²) >= 11 is 0. The van der Waals surface area contributed by atoms with E-state index in [4.69, 9.17) is 9.84 Å².